The van der Waals surface area contributed by atoms with Crippen molar-refractivity contribution < 1.29 is 4.79 Å². The average molecular weight is 235 g/mol. The van der Waals surface area contributed by atoms with E-state index in [0.29, 0.717) is 9.60 Å². The summed E-state index contributed by atoms with van der Waals surface area (Å²) in [5, 5.41) is 0.608. The number of hydrogen-bond donors (Lipinski definition) is 1. The smallest absolute Gasteiger partial charge is 0.127 e. The highest BCUT2D eigenvalue weighted by molar-refractivity contribution is 9.10. The summed E-state index contributed by atoms with van der Waals surface area (Å²) in [5.41, 5.74) is 6.38. The number of aromatic nitrogens is 1. The van der Waals surface area contributed by atoms with Crippen molar-refractivity contribution in [2.24, 2.45) is 0 Å². The number of nitrogen functional groups attached to an aromatic ring is 1. The molecule has 0 aromatic carbocycles. The Bertz CT molecular complexity index is 254. The van der Waals surface area contributed by atoms with E-state index in [4.69, 9.17) is 5.73 Å². The van der Waals surface area contributed by atoms with Crippen LogP contribution >= 0.6 is 27.5 Å². The summed E-state index contributed by atoms with van der Waals surface area (Å²) in [6.45, 7) is 1.79. The largest absolute Gasteiger partial charge is 0.389 e. The Morgan fingerprint density at radius 3 is 2.82 bits per heavy atom. The van der Waals surface area contributed by atoms with Gasteiger partial charge in [0.25, 0.3) is 0 Å². The van der Waals surface area contributed by atoms with E-state index in [1.54, 1.807) is 6.92 Å². The van der Waals surface area contributed by atoms with Gasteiger partial charge in [-0.25, -0.2) is 0 Å². The maximum absolute atomic E-state index is 10.4. The topological polar surface area (TPSA) is 56.0 Å². The zero-order valence-electron chi connectivity index (χ0n) is 5.87. The monoisotopic (exact) mass is 234 g/mol. The second kappa shape index (κ2) is 3.32. The molecule has 60 valence electrons. The van der Waals surface area contributed by atoms with Gasteiger partial charge in [-0.05, 0) is 27.5 Å². The van der Waals surface area contributed by atoms with Crippen molar-refractivity contribution in [1.82, 2.24) is 4.37 Å². The predicted molar refractivity (Wildman–Crippen MR) is 48.7 cm³/mol. The molecular weight excluding hydrogens is 228 g/mol. The van der Waals surface area contributed by atoms with Crippen LogP contribution in [0.2, 0.25) is 0 Å². The average Bonchev–Trinajstić information content (AvgIpc) is 2.30. The number of nitrogens with two attached hydrogens (primary N) is 1. The van der Waals surface area contributed by atoms with Crippen molar-refractivity contribution >= 4 is 38.7 Å². The number of anilines is 1. The fraction of sp³-hybridized carbons (Fsp3) is 0.333. The van der Waals surface area contributed by atoms with E-state index >= 15 is 0 Å². The molecule has 1 unspecified atom stereocenters. The number of aldehydes is 1. The Morgan fingerprint density at radius 1 is 1.82 bits per heavy atom. The first kappa shape index (κ1) is 8.67. The molecule has 0 spiro atoms. The second-order valence-corrected chi connectivity index (χ2v) is 3.73. The normalized spacial score (nSPS) is 12.9. The number of hydrogen-bond acceptors (Lipinski definition) is 4. The van der Waals surface area contributed by atoms with Crippen molar-refractivity contribution in [3.05, 3.63) is 10.2 Å². The molecule has 0 fully saturated rings. The minimum Gasteiger partial charge on any atom is -0.389 e. The van der Waals surface area contributed by atoms with Crippen LogP contribution in [0, 0.1) is 0 Å². The van der Waals surface area contributed by atoms with Crippen LogP contribution in [0.25, 0.3) is 0 Å². The fourth-order valence-electron chi connectivity index (χ4n) is 0.770. The van der Waals surface area contributed by atoms with Crippen LogP contribution in [0.1, 0.15) is 18.4 Å². The summed E-state index contributed by atoms with van der Waals surface area (Å²) in [4.78, 5) is 10.4. The van der Waals surface area contributed by atoms with Crippen LogP contribution in [-0.4, -0.2) is 10.7 Å². The maximum Gasteiger partial charge on any atom is 0.127 e. The van der Waals surface area contributed by atoms with Gasteiger partial charge >= 0.3 is 0 Å². The van der Waals surface area contributed by atoms with Crippen molar-refractivity contribution in [3.8, 4) is 0 Å². The molecule has 0 radical (unpaired) electrons. The van der Waals surface area contributed by atoms with E-state index in [1.807, 2.05) is 0 Å². The lowest BCUT2D eigenvalue weighted by Gasteiger charge is -2.00. The third-order valence-electron chi connectivity index (χ3n) is 1.37. The van der Waals surface area contributed by atoms with E-state index in [9.17, 15) is 4.79 Å². The lowest BCUT2D eigenvalue weighted by molar-refractivity contribution is -0.108. The zero-order chi connectivity index (χ0) is 8.43. The molecule has 1 atom stereocenters. The first-order chi connectivity index (χ1) is 5.16. The molecule has 0 aliphatic rings. The molecule has 0 aliphatic carbocycles. The Kier molecular flexibility index (Phi) is 2.62. The van der Waals surface area contributed by atoms with Gasteiger partial charge < -0.3 is 10.5 Å². The molecule has 2 N–H and O–H groups in total. The third kappa shape index (κ3) is 1.59. The van der Waals surface area contributed by atoms with Crippen LogP contribution in [-0.2, 0) is 4.79 Å². The van der Waals surface area contributed by atoms with Gasteiger partial charge in [-0.3, -0.25) is 0 Å². The molecule has 1 aromatic rings. The van der Waals surface area contributed by atoms with Crippen LogP contribution in [0.3, 0.4) is 0 Å². The Balaban J connectivity index is 3.09. The van der Waals surface area contributed by atoms with Gasteiger partial charge in [0, 0.05) is 11.5 Å². The molecule has 0 saturated heterocycles. The molecule has 3 nitrogen and oxygen atoms in total. The number of carbonyl (C=O) groups is 1. The first-order valence-corrected chi connectivity index (χ1v) is 4.59. The van der Waals surface area contributed by atoms with E-state index < -0.39 is 0 Å². The molecule has 0 saturated carbocycles. The van der Waals surface area contributed by atoms with Gasteiger partial charge in [0.05, 0.1) is 0 Å². The van der Waals surface area contributed by atoms with Crippen molar-refractivity contribution in [1.29, 1.82) is 0 Å². The highest BCUT2D eigenvalue weighted by atomic mass is 79.9. The lowest BCUT2D eigenvalue weighted by atomic mass is 10.1. The molecule has 5 heteroatoms. The van der Waals surface area contributed by atoms with Gasteiger partial charge in [-0.1, -0.05) is 6.92 Å². The standard InChI is InChI=1S/C6H7BrN2OS/c1-3(2-10)4-5(7)9-11-6(4)8/h2-3H,8H2,1H3. The Hall–Kier alpha value is -0.420. The minimum atomic E-state index is -0.178. The van der Waals surface area contributed by atoms with E-state index in [1.165, 1.54) is 11.5 Å². The second-order valence-electron chi connectivity index (χ2n) is 2.18. The Labute approximate surface area is 76.9 Å². The summed E-state index contributed by atoms with van der Waals surface area (Å²) in [5.74, 6) is -0.178. The predicted octanol–water partition coefficient (Wildman–Crippen LogP) is 1.79. The lowest BCUT2D eigenvalue weighted by Crippen LogP contribution is -1.97. The number of carbonyl (C=O) groups excluding carboxylic acids is 1. The van der Waals surface area contributed by atoms with Gasteiger partial charge in [0.1, 0.15) is 15.9 Å². The van der Waals surface area contributed by atoms with Crippen LogP contribution in [0.15, 0.2) is 4.60 Å². The van der Waals surface area contributed by atoms with Crippen molar-refractivity contribution in [3.63, 3.8) is 0 Å². The third-order valence-corrected chi connectivity index (χ3v) is 2.90. The number of rotatable bonds is 2. The van der Waals surface area contributed by atoms with Crippen molar-refractivity contribution in [2.45, 2.75) is 12.8 Å². The van der Waals surface area contributed by atoms with Crippen molar-refractivity contribution in [2.75, 3.05) is 5.73 Å². The number of halogens is 1. The molecule has 0 aliphatic heterocycles. The summed E-state index contributed by atoms with van der Waals surface area (Å²) < 4.78 is 4.64. The maximum atomic E-state index is 10.4. The number of nitrogens with zero attached hydrogens (tertiary/aromatic N) is 1. The van der Waals surface area contributed by atoms with Gasteiger partial charge in [-0.2, -0.15) is 4.37 Å². The van der Waals surface area contributed by atoms with E-state index in [-0.39, 0.29) is 5.92 Å². The summed E-state index contributed by atoms with van der Waals surface area (Å²) in [6, 6.07) is 0. The first-order valence-electron chi connectivity index (χ1n) is 3.02. The highest BCUT2D eigenvalue weighted by Gasteiger charge is 2.14. The quantitative estimate of drug-likeness (QED) is 0.795. The molecular formula is C6H7BrN2OS. The zero-order valence-corrected chi connectivity index (χ0v) is 8.28. The highest BCUT2D eigenvalue weighted by Crippen LogP contribution is 2.31. The SMILES string of the molecule is CC(C=O)c1c(Br)nsc1N. The van der Waals surface area contributed by atoms with Crippen LogP contribution in [0.4, 0.5) is 5.00 Å². The summed E-state index contributed by atoms with van der Waals surface area (Å²) >= 11 is 4.42. The Morgan fingerprint density at radius 2 is 2.45 bits per heavy atom. The van der Waals surface area contributed by atoms with E-state index in [0.717, 1.165) is 11.8 Å². The summed E-state index contributed by atoms with van der Waals surface area (Å²) in [6.07, 6.45) is 0.852. The minimum absolute atomic E-state index is 0.178. The van der Waals surface area contributed by atoms with Gasteiger partial charge in [0.15, 0.2) is 0 Å². The molecule has 1 heterocycles. The molecule has 0 bridgehead atoms. The molecule has 11 heavy (non-hydrogen) atoms. The van der Waals surface area contributed by atoms with Gasteiger partial charge in [-0.15, -0.1) is 0 Å². The molecule has 0 amide bonds. The molecule has 1 rings (SSSR count). The fourth-order valence-corrected chi connectivity index (χ4v) is 2.35. The van der Waals surface area contributed by atoms with Gasteiger partial charge in [0.2, 0.25) is 0 Å². The summed E-state index contributed by atoms with van der Waals surface area (Å²) in [7, 11) is 0. The molecule has 1 aromatic heterocycles. The van der Waals surface area contributed by atoms with Crippen LogP contribution in [0.5, 0.6) is 0 Å². The van der Waals surface area contributed by atoms with E-state index in [2.05, 4.69) is 20.3 Å². The van der Waals surface area contributed by atoms with Crippen LogP contribution < -0.4 is 5.73 Å².